The van der Waals surface area contributed by atoms with Crippen LogP contribution in [0.2, 0.25) is 5.02 Å². The third kappa shape index (κ3) is 3.18. The Morgan fingerprint density at radius 1 is 1.22 bits per heavy atom. The molecule has 1 aliphatic carbocycles. The highest BCUT2D eigenvalue weighted by Crippen LogP contribution is 2.38. The van der Waals surface area contributed by atoms with E-state index in [-0.39, 0.29) is 0 Å². The molecular weight excluding hydrogens is 310 g/mol. The van der Waals surface area contributed by atoms with Crippen LogP contribution in [0.25, 0.3) is 0 Å². The molecule has 4 heteroatoms. The fraction of sp³-hybridized carbons (Fsp3) is 0.316. The SMILES string of the molecule is CN(CC1CC1)C(O)(c1ccc(Cl)cc1)c1ccccc1C=O. The molecule has 2 aromatic carbocycles. The van der Waals surface area contributed by atoms with Gasteiger partial charge in [-0.3, -0.25) is 9.69 Å². The molecule has 0 amide bonds. The van der Waals surface area contributed by atoms with Crippen molar-refractivity contribution < 1.29 is 9.90 Å². The summed E-state index contributed by atoms with van der Waals surface area (Å²) in [6.45, 7) is 0.784. The Hall–Kier alpha value is -1.68. The molecule has 1 fully saturated rings. The van der Waals surface area contributed by atoms with Crippen LogP contribution in [0.4, 0.5) is 0 Å². The second-order valence-electron chi connectivity index (χ2n) is 6.21. The fourth-order valence-corrected chi connectivity index (χ4v) is 3.13. The van der Waals surface area contributed by atoms with Crippen molar-refractivity contribution in [2.45, 2.75) is 18.6 Å². The third-order valence-corrected chi connectivity index (χ3v) is 4.74. The standard InChI is InChI=1S/C19H20ClNO2/c1-21(12-14-6-7-14)19(23,16-8-10-17(20)11-9-16)18-5-3-2-4-15(18)13-22/h2-5,8-11,13-14,23H,6-7,12H2,1H3. The maximum absolute atomic E-state index is 11.6. The number of hydrogen-bond donors (Lipinski definition) is 1. The maximum atomic E-state index is 11.6. The van der Waals surface area contributed by atoms with Gasteiger partial charge >= 0.3 is 0 Å². The average molecular weight is 330 g/mol. The summed E-state index contributed by atoms with van der Waals surface area (Å²) in [5, 5.41) is 12.2. The molecule has 1 N–H and O–H groups in total. The van der Waals surface area contributed by atoms with E-state index in [4.69, 9.17) is 11.6 Å². The zero-order valence-electron chi connectivity index (χ0n) is 13.1. The Morgan fingerprint density at radius 3 is 2.48 bits per heavy atom. The first-order chi connectivity index (χ1) is 11.1. The van der Waals surface area contributed by atoms with Crippen LogP contribution in [0, 0.1) is 5.92 Å². The Labute approximate surface area is 141 Å². The molecule has 1 atom stereocenters. The van der Waals surface area contributed by atoms with Gasteiger partial charge < -0.3 is 5.11 Å². The number of benzene rings is 2. The highest BCUT2D eigenvalue weighted by molar-refractivity contribution is 6.30. The molecule has 0 aliphatic heterocycles. The summed E-state index contributed by atoms with van der Waals surface area (Å²) in [5.74, 6) is 0.613. The predicted octanol–water partition coefficient (Wildman–Crippen LogP) is 3.69. The Kier molecular flexibility index (Phi) is 4.53. The minimum Gasteiger partial charge on any atom is -0.367 e. The van der Waals surface area contributed by atoms with Crippen molar-refractivity contribution in [1.82, 2.24) is 4.90 Å². The number of carbonyl (C=O) groups is 1. The minimum absolute atomic E-state index is 0.493. The molecule has 0 saturated heterocycles. The summed E-state index contributed by atoms with van der Waals surface area (Å²) in [5.41, 5.74) is 0.442. The number of aldehydes is 1. The van der Waals surface area contributed by atoms with E-state index in [1.807, 2.05) is 36.2 Å². The summed E-state index contributed by atoms with van der Waals surface area (Å²) in [6, 6.07) is 14.3. The molecule has 1 aliphatic rings. The summed E-state index contributed by atoms with van der Waals surface area (Å²) in [4.78, 5) is 13.4. The fourth-order valence-electron chi connectivity index (χ4n) is 3.00. The molecule has 3 nitrogen and oxygen atoms in total. The second kappa shape index (κ2) is 6.44. The maximum Gasteiger partial charge on any atom is 0.171 e. The number of hydrogen-bond acceptors (Lipinski definition) is 3. The first-order valence-corrected chi connectivity index (χ1v) is 8.18. The van der Waals surface area contributed by atoms with Crippen molar-refractivity contribution in [3.63, 3.8) is 0 Å². The van der Waals surface area contributed by atoms with Crippen molar-refractivity contribution >= 4 is 17.9 Å². The summed E-state index contributed by atoms with van der Waals surface area (Å²) >= 11 is 5.99. The molecule has 0 radical (unpaired) electrons. The molecule has 0 aromatic heterocycles. The van der Waals surface area contributed by atoms with E-state index in [1.54, 1.807) is 24.3 Å². The van der Waals surface area contributed by atoms with Crippen LogP contribution >= 0.6 is 11.6 Å². The quantitative estimate of drug-likeness (QED) is 0.649. The van der Waals surface area contributed by atoms with Crippen LogP contribution in [0.15, 0.2) is 48.5 Å². The molecule has 0 heterocycles. The zero-order valence-corrected chi connectivity index (χ0v) is 13.8. The van der Waals surface area contributed by atoms with Gasteiger partial charge in [-0.25, -0.2) is 0 Å². The van der Waals surface area contributed by atoms with Crippen LogP contribution in [0.1, 0.15) is 34.3 Å². The van der Waals surface area contributed by atoms with Crippen LogP contribution in [-0.2, 0) is 5.72 Å². The highest BCUT2D eigenvalue weighted by atomic mass is 35.5. The minimum atomic E-state index is -1.36. The van der Waals surface area contributed by atoms with Crippen LogP contribution in [-0.4, -0.2) is 29.9 Å². The summed E-state index contributed by atoms with van der Waals surface area (Å²) in [6.07, 6.45) is 3.17. The molecule has 2 aromatic rings. The van der Waals surface area contributed by atoms with Crippen molar-refractivity contribution in [2.75, 3.05) is 13.6 Å². The van der Waals surface area contributed by atoms with Gasteiger partial charge in [0.2, 0.25) is 0 Å². The van der Waals surface area contributed by atoms with Crippen molar-refractivity contribution in [1.29, 1.82) is 0 Å². The van der Waals surface area contributed by atoms with Crippen molar-refractivity contribution in [3.8, 4) is 0 Å². The van der Waals surface area contributed by atoms with Crippen molar-refractivity contribution in [2.24, 2.45) is 5.92 Å². The molecule has 1 saturated carbocycles. The molecular formula is C19H20ClNO2. The van der Waals surface area contributed by atoms with Crippen LogP contribution in [0.3, 0.4) is 0 Å². The Bertz CT molecular complexity index is 697. The number of rotatable bonds is 6. The molecule has 0 bridgehead atoms. The Morgan fingerprint density at radius 2 is 1.87 bits per heavy atom. The van der Waals surface area contributed by atoms with E-state index >= 15 is 0 Å². The van der Waals surface area contributed by atoms with E-state index in [0.717, 1.165) is 12.8 Å². The lowest BCUT2D eigenvalue weighted by atomic mass is 9.89. The number of halogens is 1. The molecule has 1 unspecified atom stereocenters. The average Bonchev–Trinajstić information content (AvgIpc) is 3.38. The lowest BCUT2D eigenvalue weighted by Gasteiger charge is -2.39. The van der Waals surface area contributed by atoms with Gasteiger partial charge in [-0.1, -0.05) is 48.0 Å². The first kappa shape index (κ1) is 16.2. The van der Waals surface area contributed by atoms with Gasteiger partial charge in [0.1, 0.15) is 0 Å². The van der Waals surface area contributed by atoms with E-state index in [2.05, 4.69) is 0 Å². The van der Waals surface area contributed by atoms with E-state index in [1.165, 1.54) is 12.8 Å². The Balaban J connectivity index is 2.11. The van der Waals surface area contributed by atoms with Gasteiger partial charge in [0.05, 0.1) is 0 Å². The molecule has 3 rings (SSSR count). The summed E-state index contributed by atoms with van der Waals surface area (Å²) < 4.78 is 0. The van der Waals surface area contributed by atoms with Gasteiger partial charge in [-0.2, -0.15) is 0 Å². The number of nitrogens with zero attached hydrogens (tertiary/aromatic N) is 1. The van der Waals surface area contributed by atoms with Gasteiger partial charge in [0, 0.05) is 28.3 Å². The van der Waals surface area contributed by atoms with E-state index in [9.17, 15) is 9.90 Å². The van der Waals surface area contributed by atoms with Crippen molar-refractivity contribution in [3.05, 3.63) is 70.2 Å². The number of aliphatic hydroxyl groups is 1. The van der Waals surface area contributed by atoms with Gasteiger partial charge in [0.15, 0.2) is 12.0 Å². The lowest BCUT2D eigenvalue weighted by molar-refractivity contribution is -0.0683. The van der Waals surface area contributed by atoms with Gasteiger partial charge in [-0.05, 0) is 37.9 Å². The zero-order chi connectivity index (χ0) is 16.4. The van der Waals surface area contributed by atoms with Crippen LogP contribution < -0.4 is 0 Å². The predicted molar refractivity (Wildman–Crippen MR) is 91.6 cm³/mol. The molecule has 0 spiro atoms. The topological polar surface area (TPSA) is 40.5 Å². The first-order valence-electron chi connectivity index (χ1n) is 7.80. The van der Waals surface area contributed by atoms with Gasteiger partial charge in [0.25, 0.3) is 0 Å². The second-order valence-corrected chi connectivity index (χ2v) is 6.64. The molecule has 120 valence electrons. The summed E-state index contributed by atoms with van der Waals surface area (Å²) in [7, 11) is 1.90. The third-order valence-electron chi connectivity index (χ3n) is 4.49. The smallest absolute Gasteiger partial charge is 0.171 e. The monoisotopic (exact) mass is 329 g/mol. The number of carbonyl (C=O) groups excluding carboxylic acids is 1. The normalized spacial score (nSPS) is 17.0. The van der Waals surface area contributed by atoms with E-state index < -0.39 is 5.72 Å². The van der Waals surface area contributed by atoms with Crippen LogP contribution in [0.5, 0.6) is 0 Å². The molecule has 23 heavy (non-hydrogen) atoms. The van der Waals surface area contributed by atoms with E-state index in [0.29, 0.717) is 27.6 Å². The van der Waals surface area contributed by atoms with Gasteiger partial charge in [-0.15, -0.1) is 0 Å². The highest BCUT2D eigenvalue weighted by Gasteiger charge is 2.40. The lowest BCUT2D eigenvalue weighted by Crippen LogP contribution is -2.46. The largest absolute Gasteiger partial charge is 0.367 e.